The van der Waals surface area contributed by atoms with Crippen LogP contribution in [0.5, 0.6) is 0 Å². The molecule has 1 atom stereocenters. The minimum absolute atomic E-state index is 0.0561. The van der Waals surface area contributed by atoms with Crippen molar-refractivity contribution in [1.82, 2.24) is 14.8 Å². The van der Waals surface area contributed by atoms with Gasteiger partial charge in [-0.05, 0) is 44.2 Å². The number of hydrogen-bond acceptors (Lipinski definition) is 3. The number of hydrogen-bond donors (Lipinski definition) is 1. The molecule has 6 heteroatoms. The Balaban J connectivity index is 1.45. The van der Waals surface area contributed by atoms with E-state index >= 15 is 0 Å². The van der Waals surface area contributed by atoms with E-state index in [1.807, 2.05) is 58.9 Å². The van der Waals surface area contributed by atoms with Gasteiger partial charge in [0.25, 0.3) is 11.7 Å². The van der Waals surface area contributed by atoms with E-state index in [2.05, 4.69) is 17.4 Å². The maximum Gasteiger partial charge on any atom is 0.292 e. The van der Waals surface area contributed by atoms with Crippen LogP contribution in [0, 0.1) is 0 Å². The molecule has 0 radical (unpaired) electrons. The Hall–Kier alpha value is -3.41. The second kappa shape index (κ2) is 11.1. The summed E-state index contributed by atoms with van der Waals surface area (Å²) in [5, 5.41) is 3.55. The number of likely N-dealkylation sites (tertiary alicyclic amines) is 1. The molecule has 2 heterocycles. The standard InChI is InChI=1S/C28H33N3O3/c1-21(15-16-22-11-5-4-6-12-22)29-28(34)27(33)24-19-31(25-14-8-7-13-23(24)25)20-26(32)30-17-9-2-3-10-18-30/h4-8,11-14,19,21H,2-3,9-10,15-18,20H2,1H3,(H,29,34). The van der Waals surface area contributed by atoms with E-state index in [4.69, 9.17) is 0 Å². The summed E-state index contributed by atoms with van der Waals surface area (Å²) in [5.74, 6) is -1.12. The summed E-state index contributed by atoms with van der Waals surface area (Å²) < 4.78 is 1.81. The average Bonchev–Trinajstić information content (AvgIpc) is 3.01. The molecule has 1 saturated heterocycles. The van der Waals surface area contributed by atoms with Crippen LogP contribution < -0.4 is 5.32 Å². The SMILES string of the molecule is CC(CCc1ccccc1)NC(=O)C(=O)c1cn(CC(=O)N2CCCCCC2)c2ccccc12. The Morgan fingerprint density at radius 2 is 1.59 bits per heavy atom. The molecule has 2 amide bonds. The van der Waals surface area contributed by atoms with Gasteiger partial charge in [0.2, 0.25) is 5.91 Å². The van der Waals surface area contributed by atoms with E-state index in [0.29, 0.717) is 10.9 Å². The molecular weight excluding hydrogens is 426 g/mol. The Bertz CT molecular complexity index is 1140. The molecule has 1 aliphatic rings. The van der Waals surface area contributed by atoms with Gasteiger partial charge in [0.1, 0.15) is 6.54 Å². The van der Waals surface area contributed by atoms with Crippen LogP contribution in [0.4, 0.5) is 0 Å². The topological polar surface area (TPSA) is 71.4 Å². The number of Topliss-reactive ketones (excluding diaryl/α,β-unsaturated/α-hetero) is 1. The van der Waals surface area contributed by atoms with E-state index in [-0.39, 0.29) is 18.5 Å². The van der Waals surface area contributed by atoms with Crippen molar-refractivity contribution in [2.24, 2.45) is 0 Å². The molecule has 1 aliphatic heterocycles. The van der Waals surface area contributed by atoms with Crippen molar-refractivity contribution in [2.75, 3.05) is 13.1 Å². The molecule has 178 valence electrons. The first-order valence-corrected chi connectivity index (χ1v) is 12.3. The minimum atomic E-state index is -0.609. The number of fused-ring (bicyclic) bond motifs is 1. The van der Waals surface area contributed by atoms with Gasteiger partial charge in [0, 0.05) is 36.2 Å². The van der Waals surface area contributed by atoms with Crippen LogP contribution in [-0.4, -0.2) is 46.2 Å². The largest absolute Gasteiger partial charge is 0.347 e. The third-order valence-electron chi connectivity index (χ3n) is 6.59. The molecule has 0 saturated carbocycles. The smallest absolute Gasteiger partial charge is 0.292 e. The van der Waals surface area contributed by atoms with Crippen LogP contribution in [0.3, 0.4) is 0 Å². The summed E-state index contributed by atoms with van der Waals surface area (Å²) >= 11 is 0. The number of ketones is 1. The van der Waals surface area contributed by atoms with Gasteiger partial charge in [-0.1, -0.05) is 61.4 Å². The van der Waals surface area contributed by atoms with Gasteiger partial charge in [0.05, 0.1) is 5.56 Å². The Morgan fingerprint density at radius 1 is 0.912 bits per heavy atom. The third-order valence-corrected chi connectivity index (χ3v) is 6.59. The van der Waals surface area contributed by atoms with Gasteiger partial charge in [-0.2, -0.15) is 0 Å². The maximum atomic E-state index is 13.1. The van der Waals surface area contributed by atoms with Gasteiger partial charge < -0.3 is 14.8 Å². The highest BCUT2D eigenvalue weighted by atomic mass is 16.2. The second-order valence-corrected chi connectivity index (χ2v) is 9.21. The fraction of sp³-hybridized carbons (Fsp3) is 0.393. The number of carbonyl (C=O) groups excluding carboxylic acids is 3. The summed E-state index contributed by atoms with van der Waals surface area (Å²) in [6.07, 6.45) is 7.62. The van der Waals surface area contributed by atoms with Crippen LogP contribution in [0.2, 0.25) is 0 Å². The highest BCUT2D eigenvalue weighted by Crippen LogP contribution is 2.23. The zero-order chi connectivity index (χ0) is 23.9. The van der Waals surface area contributed by atoms with E-state index in [1.165, 1.54) is 5.56 Å². The molecule has 3 aromatic rings. The van der Waals surface area contributed by atoms with Crippen molar-refractivity contribution in [3.05, 3.63) is 71.9 Å². The zero-order valence-electron chi connectivity index (χ0n) is 19.8. The lowest BCUT2D eigenvalue weighted by Crippen LogP contribution is -2.38. The predicted octanol–water partition coefficient (Wildman–Crippen LogP) is 4.36. The fourth-order valence-corrected chi connectivity index (χ4v) is 4.64. The number of carbonyl (C=O) groups is 3. The monoisotopic (exact) mass is 459 g/mol. The number of nitrogens with one attached hydrogen (secondary N) is 1. The van der Waals surface area contributed by atoms with Gasteiger partial charge >= 0.3 is 0 Å². The molecule has 1 unspecified atom stereocenters. The Labute approximate surface area is 200 Å². The first-order valence-electron chi connectivity index (χ1n) is 12.3. The lowest BCUT2D eigenvalue weighted by Gasteiger charge is -2.20. The number of rotatable bonds is 8. The van der Waals surface area contributed by atoms with Crippen LogP contribution in [0.1, 0.15) is 54.9 Å². The van der Waals surface area contributed by atoms with Gasteiger partial charge in [-0.3, -0.25) is 14.4 Å². The van der Waals surface area contributed by atoms with E-state index in [0.717, 1.165) is 57.1 Å². The zero-order valence-corrected chi connectivity index (χ0v) is 19.8. The van der Waals surface area contributed by atoms with Gasteiger partial charge in [-0.25, -0.2) is 0 Å². The summed E-state index contributed by atoms with van der Waals surface area (Å²) in [4.78, 5) is 40.7. The number of nitrogens with zero attached hydrogens (tertiary/aromatic N) is 2. The molecule has 6 nitrogen and oxygen atoms in total. The van der Waals surface area contributed by atoms with Crippen LogP contribution in [-0.2, 0) is 22.6 Å². The molecule has 1 aromatic heterocycles. The average molecular weight is 460 g/mol. The van der Waals surface area contributed by atoms with E-state index < -0.39 is 11.7 Å². The lowest BCUT2D eigenvalue weighted by atomic mass is 10.1. The van der Waals surface area contributed by atoms with Crippen molar-refractivity contribution < 1.29 is 14.4 Å². The fourth-order valence-electron chi connectivity index (χ4n) is 4.64. The Morgan fingerprint density at radius 3 is 2.32 bits per heavy atom. The van der Waals surface area contributed by atoms with Crippen LogP contribution >= 0.6 is 0 Å². The summed E-state index contributed by atoms with van der Waals surface area (Å²) in [6.45, 7) is 3.65. The van der Waals surface area contributed by atoms with Crippen molar-refractivity contribution in [3.8, 4) is 0 Å². The minimum Gasteiger partial charge on any atom is -0.347 e. The second-order valence-electron chi connectivity index (χ2n) is 9.21. The molecule has 0 spiro atoms. The first kappa shape index (κ1) is 23.7. The third kappa shape index (κ3) is 5.74. The van der Waals surface area contributed by atoms with Gasteiger partial charge in [0.15, 0.2) is 0 Å². The molecule has 34 heavy (non-hydrogen) atoms. The lowest BCUT2D eigenvalue weighted by molar-refractivity contribution is -0.131. The van der Waals surface area contributed by atoms with Crippen molar-refractivity contribution in [2.45, 2.75) is 58.0 Å². The maximum absolute atomic E-state index is 13.1. The Kier molecular flexibility index (Phi) is 7.78. The predicted molar refractivity (Wildman–Crippen MR) is 134 cm³/mol. The number of aromatic nitrogens is 1. The van der Waals surface area contributed by atoms with Crippen molar-refractivity contribution in [1.29, 1.82) is 0 Å². The van der Waals surface area contributed by atoms with Crippen molar-refractivity contribution in [3.63, 3.8) is 0 Å². The number of aryl methyl sites for hydroxylation is 1. The number of benzene rings is 2. The molecule has 2 aromatic carbocycles. The van der Waals surface area contributed by atoms with Crippen LogP contribution in [0.25, 0.3) is 10.9 Å². The number of para-hydroxylation sites is 1. The summed E-state index contributed by atoms with van der Waals surface area (Å²) in [6, 6.07) is 17.4. The highest BCUT2D eigenvalue weighted by Gasteiger charge is 2.24. The molecular formula is C28H33N3O3. The number of amides is 2. The first-order chi connectivity index (χ1) is 16.5. The molecule has 4 rings (SSSR count). The molecule has 1 N–H and O–H groups in total. The normalized spacial score (nSPS) is 15.0. The molecule has 1 fully saturated rings. The van der Waals surface area contributed by atoms with Gasteiger partial charge in [-0.15, -0.1) is 0 Å². The van der Waals surface area contributed by atoms with Crippen LogP contribution in [0.15, 0.2) is 60.8 Å². The van der Waals surface area contributed by atoms with E-state index in [1.54, 1.807) is 6.20 Å². The van der Waals surface area contributed by atoms with Crippen molar-refractivity contribution >= 4 is 28.5 Å². The quantitative estimate of drug-likeness (QED) is 0.402. The van der Waals surface area contributed by atoms with E-state index in [9.17, 15) is 14.4 Å². The summed E-state index contributed by atoms with van der Waals surface area (Å²) in [7, 11) is 0. The summed E-state index contributed by atoms with van der Waals surface area (Å²) in [5.41, 5.74) is 2.33. The molecule has 0 aliphatic carbocycles. The highest BCUT2D eigenvalue weighted by molar-refractivity contribution is 6.45. The molecule has 0 bridgehead atoms.